The summed E-state index contributed by atoms with van der Waals surface area (Å²) in [6.45, 7) is 2.61. The number of allylic oxidation sites excluding steroid dienone is 1. The minimum Gasteiger partial charge on any atom is -0.493 e. The topological polar surface area (TPSA) is 76.1 Å². The van der Waals surface area contributed by atoms with Gasteiger partial charge in [-0.1, -0.05) is 18.2 Å². The van der Waals surface area contributed by atoms with Crippen molar-refractivity contribution in [3.8, 4) is 11.5 Å². The number of hydrogen-bond acceptors (Lipinski definition) is 4. The van der Waals surface area contributed by atoms with E-state index in [2.05, 4.69) is 0 Å². The number of methoxy groups -OCH3 is 1. The first-order chi connectivity index (χ1) is 11.5. The van der Waals surface area contributed by atoms with Gasteiger partial charge in [-0.3, -0.25) is 9.59 Å². The van der Waals surface area contributed by atoms with Crippen molar-refractivity contribution in [2.24, 2.45) is 5.92 Å². The number of carbonyl (C=O) groups is 2. The number of aliphatic carboxylic acids is 1. The fourth-order valence-corrected chi connectivity index (χ4v) is 2.74. The van der Waals surface area contributed by atoms with Crippen LogP contribution in [0.5, 0.6) is 11.5 Å². The Balaban J connectivity index is 1.97. The number of amides is 1. The van der Waals surface area contributed by atoms with Gasteiger partial charge in [-0.2, -0.15) is 0 Å². The lowest BCUT2D eigenvalue weighted by Gasteiger charge is -2.30. The molecule has 0 radical (unpaired) electrons. The van der Waals surface area contributed by atoms with E-state index in [-0.39, 0.29) is 19.1 Å². The van der Waals surface area contributed by atoms with Crippen LogP contribution in [0.3, 0.4) is 0 Å². The molecule has 1 saturated heterocycles. The molecule has 1 amide bonds. The highest BCUT2D eigenvalue weighted by molar-refractivity contribution is 5.79. The summed E-state index contributed by atoms with van der Waals surface area (Å²) in [4.78, 5) is 24.9. The largest absolute Gasteiger partial charge is 0.493 e. The average molecular weight is 333 g/mol. The van der Waals surface area contributed by atoms with Crippen molar-refractivity contribution in [2.45, 2.75) is 19.8 Å². The lowest BCUT2D eigenvalue weighted by molar-refractivity contribution is -0.146. The zero-order chi connectivity index (χ0) is 17.5. The highest BCUT2D eigenvalue weighted by Gasteiger charge is 2.28. The van der Waals surface area contributed by atoms with Crippen molar-refractivity contribution >= 4 is 18.0 Å². The second-order valence-electron chi connectivity index (χ2n) is 5.72. The molecular weight excluding hydrogens is 310 g/mol. The van der Waals surface area contributed by atoms with E-state index in [9.17, 15) is 9.59 Å². The smallest absolute Gasteiger partial charge is 0.308 e. The Morgan fingerprint density at radius 2 is 2.17 bits per heavy atom. The van der Waals surface area contributed by atoms with E-state index in [0.717, 1.165) is 5.56 Å². The minimum absolute atomic E-state index is 0.133. The number of piperidine rings is 1. The molecule has 6 nitrogen and oxygen atoms in total. The van der Waals surface area contributed by atoms with Crippen LogP contribution in [0, 0.1) is 5.92 Å². The molecule has 1 aliphatic heterocycles. The van der Waals surface area contributed by atoms with Crippen LogP contribution in [0.2, 0.25) is 0 Å². The zero-order valence-corrected chi connectivity index (χ0v) is 14.0. The third kappa shape index (κ3) is 4.50. The molecule has 1 aliphatic rings. The first kappa shape index (κ1) is 17.8. The summed E-state index contributed by atoms with van der Waals surface area (Å²) in [6.07, 6.45) is 5.18. The molecule has 0 aromatic heterocycles. The van der Waals surface area contributed by atoms with Crippen LogP contribution in [0.4, 0.5) is 0 Å². The molecule has 1 heterocycles. The maximum absolute atomic E-state index is 12.3. The molecule has 0 unspecified atom stereocenters. The van der Waals surface area contributed by atoms with Gasteiger partial charge in [0.25, 0.3) is 5.91 Å². The van der Waals surface area contributed by atoms with Gasteiger partial charge in [0.2, 0.25) is 0 Å². The normalized spacial score (nSPS) is 17.8. The van der Waals surface area contributed by atoms with Crippen molar-refractivity contribution in [3.63, 3.8) is 0 Å². The zero-order valence-electron chi connectivity index (χ0n) is 14.0. The highest BCUT2D eigenvalue weighted by Crippen LogP contribution is 2.28. The SMILES string of the molecule is C/C=C/c1ccc(OCC(=O)N2CCC[C@H](C(=O)O)C2)c(OC)c1. The van der Waals surface area contributed by atoms with E-state index in [1.807, 2.05) is 31.2 Å². The first-order valence-electron chi connectivity index (χ1n) is 7.99. The second-order valence-corrected chi connectivity index (χ2v) is 5.72. The quantitative estimate of drug-likeness (QED) is 0.865. The fourth-order valence-electron chi connectivity index (χ4n) is 2.74. The lowest BCUT2D eigenvalue weighted by Crippen LogP contribution is -2.44. The molecule has 0 saturated carbocycles. The second kappa shape index (κ2) is 8.38. The Morgan fingerprint density at radius 1 is 1.38 bits per heavy atom. The molecule has 1 aromatic carbocycles. The highest BCUT2D eigenvalue weighted by atomic mass is 16.5. The standard InChI is InChI=1S/C18H23NO5/c1-3-5-13-7-8-15(16(10-13)23-2)24-12-17(20)19-9-4-6-14(11-19)18(21)22/h3,5,7-8,10,14H,4,6,9,11-12H2,1-2H3,(H,21,22)/b5-3+/t14-/m0/s1. The molecule has 1 fully saturated rings. The van der Waals surface area contributed by atoms with E-state index in [0.29, 0.717) is 30.9 Å². The summed E-state index contributed by atoms with van der Waals surface area (Å²) < 4.78 is 10.9. The van der Waals surface area contributed by atoms with Crippen molar-refractivity contribution < 1.29 is 24.2 Å². The third-order valence-electron chi connectivity index (χ3n) is 4.02. The van der Waals surface area contributed by atoms with Gasteiger partial charge in [0.1, 0.15) is 0 Å². The molecule has 0 aliphatic carbocycles. The predicted molar refractivity (Wildman–Crippen MR) is 90.1 cm³/mol. The Labute approximate surface area is 141 Å². The van der Waals surface area contributed by atoms with E-state index < -0.39 is 11.9 Å². The summed E-state index contributed by atoms with van der Waals surface area (Å²) in [5.74, 6) is -0.501. The van der Waals surface area contributed by atoms with E-state index in [4.69, 9.17) is 14.6 Å². The van der Waals surface area contributed by atoms with Gasteiger partial charge < -0.3 is 19.5 Å². The predicted octanol–water partition coefficient (Wildman–Crippen LogP) is 2.43. The van der Waals surface area contributed by atoms with E-state index in [1.165, 1.54) is 0 Å². The van der Waals surface area contributed by atoms with Gasteiger partial charge in [0.05, 0.1) is 13.0 Å². The van der Waals surface area contributed by atoms with Gasteiger partial charge >= 0.3 is 5.97 Å². The number of likely N-dealkylation sites (tertiary alicyclic amines) is 1. The number of carbonyl (C=O) groups excluding carboxylic acids is 1. The summed E-state index contributed by atoms with van der Waals surface area (Å²) >= 11 is 0. The van der Waals surface area contributed by atoms with Gasteiger partial charge in [0.15, 0.2) is 18.1 Å². The van der Waals surface area contributed by atoms with Crippen molar-refractivity contribution in [3.05, 3.63) is 29.8 Å². The van der Waals surface area contributed by atoms with Crippen LogP contribution in [0.25, 0.3) is 6.08 Å². The summed E-state index contributed by atoms with van der Waals surface area (Å²) in [7, 11) is 1.55. The Bertz CT molecular complexity index is 626. The summed E-state index contributed by atoms with van der Waals surface area (Å²) in [5, 5.41) is 9.09. The Hall–Kier alpha value is -2.50. The summed E-state index contributed by atoms with van der Waals surface area (Å²) in [5.41, 5.74) is 0.980. The van der Waals surface area contributed by atoms with Gasteiger partial charge in [-0.05, 0) is 37.5 Å². The number of hydrogen-bond donors (Lipinski definition) is 1. The number of ether oxygens (including phenoxy) is 2. The monoisotopic (exact) mass is 333 g/mol. The summed E-state index contributed by atoms with van der Waals surface area (Å²) in [6, 6.07) is 5.47. The average Bonchev–Trinajstić information content (AvgIpc) is 2.60. The molecular formula is C18H23NO5. The number of carboxylic acid groups (broad SMARTS) is 1. The van der Waals surface area contributed by atoms with Gasteiger partial charge in [-0.25, -0.2) is 0 Å². The molecule has 2 rings (SSSR count). The van der Waals surface area contributed by atoms with Crippen LogP contribution >= 0.6 is 0 Å². The maximum Gasteiger partial charge on any atom is 0.308 e. The van der Waals surface area contributed by atoms with E-state index in [1.54, 1.807) is 18.1 Å². The van der Waals surface area contributed by atoms with Crippen LogP contribution in [-0.2, 0) is 9.59 Å². The number of rotatable bonds is 6. The molecule has 0 bridgehead atoms. The lowest BCUT2D eigenvalue weighted by atomic mass is 9.98. The number of carboxylic acids is 1. The van der Waals surface area contributed by atoms with Crippen molar-refractivity contribution in [1.29, 1.82) is 0 Å². The molecule has 1 atom stereocenters. The number of benzene rings is 1. The van der Waals surface area contributed by atoms with Crippen molar-refractivity contribution in [2.75, 3.05) is 26.8 Å². The van der Waals surface area contributed by atoms with Crippen LogP contribution in [0.1, 0.15) is 25.3 Å². The molecule has 24 heavy (non-hydrogen) atoms. The van der Waals surface area contributed by atoms with Crippen LogP contribution in [-0.4, -0.2) is 48.7 Å². The first-order valence-corrected chi connectivity index (χ1v) is 7.99. The Morgan fingerprint density at radius 3 is 2.83 bits per heavy atom. The molecule has 0 spiro atoms. The fraction of sp³-hybridized carbons (Fsp3) is 0.444. The van der Waals surface area contributed by atoms with Crippen LogP contribution < -0.4 is 9.47 Å². The molecule has 130 valence electrons. The van der Waals surface area contributed by atoms with E-state index >= 15 is 0 Å². The molecule has 6 heteroatoms. The maximum atomic E-state index is 12.3. The van der Waals surface area contributed by atoms with Gasteiger partial charge in [-0.15, -0.1) is 0 Å². The third-order valence-corrected chi connectivity index (χ3v) is 4.02. The minimum atomic E-state index is -0.852. The van der Waals surface area contributed by atoms with Crippen molar-refractivity contribution in [1.82, 2.24) is 4.90 Å². The van der Waals surface area contributed by atoms with Gasteiger partial charge in [0, 0.05) is 13.1 Å². The number of nitrogens with zero attached hydrogens (tertiary/aromatic N) is 1. The molecule has 1 aromatic rings. The Kier molecular flexibility index (Phi) is 6.23. The molecule has 1 N–H and O–H groups in total. The van der Waals surface area contributed by atoms with Crippen LogP contribution in [0.15, 0.2) is 24.3 Å².